The largest absolute Gasteiger partial charge is 0.455 e. The normalized spacial score (nSPS) is 11.5. The Morgan fingerprint density at radius 2 is 1.73 bits per heavy atom. The van der Waals surface area contributed by atoms with E-state index in [2.05, 4.69) is 9.98 Å². The number of nitrogens with zero attached hydrogens (tertiary/aromatic N) is 2. The number of hydrogen-bond acceptors (Lipinski definition) is 4. The summed E-state index contributed by atoms with van der Waals surface area (Å²) >= 11 is 5.95. The highest BCUT2D eigenvalue weighted by atomic mass is 35.5. The molecule has 0 N–H and O–H groups in total. The zero-order valence-corrected chi connectivity index (χ0v) is 16.9. The third-order valence-electron chi connectivity index (χ3n) is 4.73. The lowest BCUT2D eigenvalue weighted by Gasteiger charge is -1.98. The molecule has 0 fully saturated rings. The Labute approximate surface area is 178 Å². The van der Waals surface area contributed by atoms with Crippen LogP contribution in [0.5, 0.6) is 0 Å². The zero-order valence-electron chi connectivity index (χ0n) is 16.2. The summed E-state index contributed by atoms with van der Waals surface area (Å²) in [7, 11) is 0. The van der Waals surface area contributed by atoms with Gasteiger partial charge in [-0.1, -0.05) is 23.7 Å². The first-order chi connectivity index (χ1) is 14.6. The molecule has 0 radical (unpaired) electrons. The molecule has 5 rings (SSSR count). The molecule has 3 aromatic carbocycles. The molecule has 2 heterocycles. The van der Waals surface area contributed by atoms with Crippen LogP contribution in [0, 0.1) is 6.92 Å². The van der Waals surface area contributed by atoms with Gasteiger partial charge in [0, 0.05) is 16.1 Å². The molecule has 0 aliphatic heterocycles. The van der Waals surface area contributed by atoms with Crippen LogP contribution in [-0.4, -0.2) is 11.2 Å². The van der Waals surface area contributed by atoms with Crippen molar-refractivity contribution < 1.29 is 8.83 Å². The van der Waals surface area contributed by atoms with E-state index in [1.807, 2.05) is 85.8 Å². The van der Waals surface area contributed by atoms with Gasteiger partial charge >= 0.3 is 0 Å². The van der Waals surface area contributed by atoms with Crippen molar-refractivity contribution >= 4 is 34.6 Å². The standard InChI is InChI=1S/C25H17ClN2O2/c1-16-5-11-24-22(13-16)28-25(30-24)18-3-2-4-20(14-18)27-15-21-10-12-23(29-21)17-6-8-19(26)9-7-17/h2-15H,1H3. The molecular weight excluding hydrogens is 396 g/mol. The minimum atomic E-state index is 0.579. The van der Waals surface area contributed by atoms with E-state index in [-0.39, 0.29) is 0 Å². The maximum absolute atomic E-state index is 5.95. The predicted octanol–water partition coefficient (Wildman–Crippen LogP) is 7.47. The molecule has 0 atom stereocenters. The van der Waals surface area contributed by atoms with Crippen LogP contribution in [-0.2, 0) is 0 Å². The summed E-state index contributed by atoms with van der Waals surface area (Å²) in [5.41, 5.74) is 5.40. The fourth-order valence-electron chi connectivity index (χ4n) is 3.21. The lowest BCUT2D eigenvalue weighted by atomic mass is 10.2. The monoisotopic (exact) mass is 412 g/mol. The van der Waals surface area contributed by atoms with E-state index in [1.54, 1.807) is 6.21 Å². The van der Waals surface area contributed by atoms with Crippen molar-refractivity contribution in [2.75, 3.05) is 0 Å². The number of benzene rings is 3. The van der Waals surface area contributed by atoms with Gasteiger partial charge in [-0.15, -0.1) is 0 Å². The summed E-state index contributed by atoms with van der Waals surface area (Å²) in [6, 6.07) is 25.1. The Balaban J connectivity index is 1.39. The number of aliphatic imine (C=N–C) groups is 1. The number of aryl methyl sites for hydroxylation is 1. The van der Waals surface area contributed by atoms with Crippen LogP contribution < -0.4 is 0 Å². The Kier molecular flexibility index (Phi) is 4.69. The average Bonchev–Trinajstić information content (AvgIpc) is 3.40. The van der Waals surface area contributed by atoms with Gasteiger partial charge in [-0.3, -0.25) is 4.99 Å². The summed E-state index contributed by atoms with van der Waals surface area (Å²) in [5, 5.41) is 0.695. The summed E-state index contributed by atoms with van der Waals surface area (Å²) in [6.45, 7) is 2.04. The maximum Gasteiger partial charge on any atom is 0.227 e. The van der Waals surface area contributed by atoms with Crippen molar-refractivity contribution in [1.29, 1.82) is 0 Å². The molecule has 0 saturated carbocycles. The lowest BCUT2D eigenvalue weighted by Crippen LogP contribution is -1.78. The second kappa shape index (κ2) is 7.65. The number of fused-ring (bicyclic) bond motifs is 1. The minimum absolute atomic E-state index is 0.579. The van der Waals surface area contributed by atoms with Crippen LogP contribution in [0.1, 0.15) is 11.3 Å². The average molecular weight is 413 g/mol. The van der Waals surface area contributed by atoms with E-state index < -0.39 is 0 Å². The molecule has 5 heteroatoms. The molecule has 146 valence electrons. The van der Waals surface area contributed by atoms with Crippen molar-refractivity contribution in [3.05, 3.63) is 95.2 Å². The van der Waals surface area contributed by atoms with E-state index in [0.717, 1.165) is 39.2 Å². The van der Waals surface area contributed by atoms with Crippen LogP contribution >= 0.6 is 11.6 Å². The third-order valence-corrected chi connectivity index (χ3v) is 4.98. The predicted molar refractivity (Wildman–Crippen MR) is 121 cm³/mol. The molecule has 5 aromatic rings. The van der Waals surface area contributed by atoms with Gasteiger partial charge in [-0.05, 0) is 79.2 Å². The van der Waals surface area contributed by atoms with Crippen molar-refractivity contribution in [1.82, 2.24) is 4.98 Å². The first-order valence-corrected chi connectivity index (χ1v) is 9.89. The van der Waals surface area contributed by atoms with E-state index in [1.165, 1.54) is 0 Å². The van der Waals surface area contributed by atoms with Crippen LogP contribution in [0.2, 0.25) is 5.02 Å². The highest BCUT2D eigenvalue weighted by Crippen LogP contribution is 2.28. The number of rotatable bonds is 4. The highest BCUT2D eigenvalue weighted by molar-refractivity contribution is 6.30. The first-order valence-electron chi connectivity index (χ1n) is 9.51. The molecule has 0 unspecified atom stereocenters. The van der Waals surface area contributed by atoms with E-state index in [9.17, 15) is 0 Å². The van der Waals surface area contributed by atoms with Crippen molar-refractivity contribution in [3.63, 3.8) is 0 Å². The second-order valence-corrected chi connectivity index (χ2v) is 7.44. The number of hydrogen-bond donors (Lipinski definition) is 0. The third kappa shape index (κ3) is 3.78. The van der Waals surface area contributed by atoms with Gasteiger partial charge in [-0.25, -0.2) is 4.98 Å². The fourth-order valence-corrected chi connectivity index (χ4v) is 3.34. The molecular formula is C25H17ClN2O2. The fraction of sp³-hybridized carbons (Fsp3) is 0.0400. The number of oxazole rings is 1. The van der Waals surface area contributed by atoms with Gasteiger partial charge in [0.1, 0.15) is 17.0 Å². The Morgan fingerprint density at radius 3 is 2.60 bits per heavy atom. The highest BCUT2D eigenvalue weighted by Gasteiger charge is 2.09. The Bertz CT molecular complexity index is 1360. The van der Waals surface area contributed by atoms with Gasteiger partial charge < -0.3 is 8.83 Å². The molecule has 2 aromatic heterocycles. The van der Waals surface area contributed by atoms with Crippen LogP contribution in [0.25, 0.3) is 33.9 Å². The quantitative estimate of drug-likeness (QED) is 0.288. The van der Waals surface area contributed by atoms with Crippen LogP contribution in [0.15, 0.2) is 92.7 Å². The van der Waals surface area contributed by atoms with E-state index >= 15 is 0 Å². The number of halogens is 1. The Hall–Kier alpha value is -3.63. The molecule has 0 bridgehead atoms. The van der Waals surface area contributed by atoms with Gasteiger partial charge in [0.2, 0.25) is 5.89 Å². The number of furan rings is 1. The molecule has 0 aliphatic rings. The molecule has 4 nitrogen and oxygen atoms in total. The SMILES string of the molecule is Cc1ccc2oc(-c3cccc(N=Cc4ccc(-c5ccc(Cl)cc5)o4)c3)nc2c1. The topological polar surface area (TPSA) is 51.5 Å². The smallest absolute Gasteiger partial charge is 0.227 e. The molecule has 0 saturated heterocycles. The molecule has 30 heavy (non-hydrogen) atoms. The van der Waals surface area contributed by atoms with Gasteiger partial charge in [0.15, 0.2) is 5.58 Å². The summed E-state index contributed by atoms with van der Waals surface area (Å²) in [5.74, 6) is 2.02. The van der Waals surface area contributed by atoms with E-state index in [0.29, 0.717) is 16.7 Å². The number of aromatic nitrogens is 1. The Morgan fingerprint density at radius 1 is 0.867 bits per heavy atom. The van der Waals surface area contributed by atoms with Gasteiger partial charge in [-0.2, -0.15) is 0 Å². The van der Waals surface area contributed by atoms with Gasteiger partial charge in [0.25, 0.3) is 0 Å². The maximum atomic E-state index is 5.95. The van der Waals surface area contributed by atoms with Crippen molar-refractivity contribution in [3.8, 4) is 22.8 Å². The molecule has 0 spiro atoms. The lowest BCUT2D eigenvalue weighted by molar-refractivity contribution is 0.575. The zero-order chi connectivity index (χ0) is 20.5. The second-order valence-electron chi connectivity index (χ2n) is 7.01. The molecule has 0 aliphatic carbocycles. The summed E-state index contributed by atoms with van der Waals surface area (Å²) in [6.07, 6.45) is 1.70. The first kappa shape index (κ1) is 18.4. The van der Waals surface area contributed by atoms with Crippen LogP contribution in [0.3, 0.4) is 0 Å². The van der Waals surface area contributed by atoms with E-state index in [4.69, 9.17) is 20.4 Å². The van der Waals surface area contributed by atoms with Gasteiger partial charge in [0.05, 0.1) is 11.9 Å². The molecule has 0 amide bonds. The van der Waals surface area contributed by atoms with Crippen LogP contribution in [0.4, 0.5) is 5.69 Å². The summed E-state index contributed by atoms with van der Waals surface area (Å²) in [4.78, 5) is 9.14. The minimum Gasteiger partial charge on any atom is -0.455 e. The summed E-state index contributed by atoms with van der Waals surface area (Å²) < 4.78 is 11.8. The van der Waals surface area contributed by atoms with Crippen molar-refractivity contribution in [2.24, 2.45) is 4.99 Å². The van der Waals surface area contributed by atoms with Crippen molar-refractivity contribution in [2.45, 2.75) is 6.92 Å².